The number of nitrogen functional groups attached to an aromatic ring is 1. The van der Waals surface area contributed by atoms with Crippen LogP contribution in [-0.4, -0.2) is 14.2 Å². The standard InChI is InChI=1S/C14H13N3OS2/c1-9-3-2-6-16-12(9)8-20(18)14-17-11-5-4-10(15)7-13(11)19-14/h2-7H,8,15H2,1H3. The molecule has 0 aliphatic carbocycles. The minimum atomic E-state index is -1.18. The molecule has 0 fully saturated rings. The molecule has 2 heterocycles. The van der Waals surface area contributed by atoms with Crippen molar-refractivity contribution in [3.63, 3.8) is 0 Å². The highest BCUT2D eigenvalue weighted by Crippen LogP contribution is 2.27. The van der Waals surface area contributed by atoms with E-state index in [9.17, 15) is 4.21 Å². The van der Waals surface area contributed by atoms with Gasteiger partial charge in [-0.1, -0.05) is 6.07 Å². The van der Waals surface area contributed by atoms with E-state index in [0.29, 0.717) is 15.8 Å². The Morgan fingerprint density at radius 3 is 3.00 bits per heavy atom. The van der Waals surface area contributed by atoms with E-state index in [1.165, 1.54) is 11.3 Å². The van der Waals surface area contributed by atoms with Crippen LogP contribution < -0.4 is 5.73 Å². The molecule has 1 atom stereocenters. The normalized spacial score (nSPS) is 12.7. The molecule has 4 nitrogen and oxygen atoms in total. The Morgan fingerprint density at radius 1 is 1.35 bits per heavy atom. The summed E-state index contributed by atoms with van der Waals surface area (Å²) in [6.45, 7) is 1.97. The number of nitrogens with zero attached hydrogens (tertiary/aromatic N) is 2. The second-order valence-corrected chi connectivity index (χ2v) is 7.12. The van der Waals surface area contributed by atoms with Crippen molar-refractivity contribution in [2.24, 2.45) is 0 Å². The van der Waals surface area contributed by atoms with Gasteiger partial charge >= 0.3 is 0 Å². The van der Waals surface area contributed by atoms with Gasteiger partial charge in [0.05, 0.1) is 32.5 Å². The predicted molar refractivity (Wildman–Crippen MR) is 83.1 cm³/mol. The van der Waals surface area contributed by atoms with Gasteiger partial charge in [-0.2, -0.15) is 0 Å². The molecule has 20 heavy (non-hydrogen) atoms. The number of pyridine rings is 1. The number of aryl methyl sites for hydroxylation is 1. The summed E-state index contributed by atoms with van der Waals surface area (Å²) in [5.74, 6) is 0.391. The lowest BCUT2D eigenvalue weighted by Gasteiger charge is -2.01. The van der Waals surface area contributed by atoms with Gasteiger partial charge in [-0.05, 0) is 36.8 Å². The van der Waals surface area contributed by atoms with Crippen molar-refractivity contribution >= 4 is 38.0 Å². The zero-order chi connectivity index (χ0) is 14.1. The third kappa shape index (κ3) is 2.57. The lowest BCUT2D eigenvalue weighted by Crippen LogP contribution is -2.00. The van der Waals surface area contributed by atoms with Crippen LogP contribution >= 0.6 is 11.3 Å². The summed E-state index contributed by atoms with van der Waals surface area (Å²) in [7, 11) is -1.18. The van der Waals surface area contributed by atoms with Crippen LogP contribution in [0, 0.1) is 6.92 Å². The number of hydrogen-bond acceptors (Lipinski definition) is 5. The number of fused-ring (bicyclic) bond motifs is 1. The smallest absolute Gasteiger partial charge is 0.182 e. The zero-order valence-corrected chi connectivity index (χ0v) is 12.5. The minimum Gasteiger partial charge on any atom is -0.399 e. The van der Waals surface area contributed by atoms with Crippen LogP contribution in [0.4, 0.5) is 5.69 Å². The molecule has 0 saturated carbocycles. The van der Waals surface area contributed by atoms with Crippen molar-refractivity contribution in [3.05, 3.63) is 47.8 Å². The SMILES string of the molecule is Cc1cccnc1CS(=O)c1nc2ccc(N)cc2s1. The van der Waals surface area contributed by atoms with Crippen LogP contribution in [0.2, 0.25) is 0 Å². The van der Waals surface area contributed by atoms with Gasteiger partial charge in [0.15, 0.2) is 4.34 Å². The summed E-state index contributed by atoms with van der Waals surface area (Å²) in [6.07, 6.45) is 1.72. The van der Waals surface area contributed by atoms with Crippen LogP contribution in [-0.2, 0) is 16.6 Å². The van der Waals surface area contributed by atoms with E-state index in [-0.39, 0.29) is 0 Å². The highest BCUT2D eigenvalue weighted by Gasteiger charge is 2.13. The van der Waals surface area contributed by atoms with Crippen LogP contribution in [0.3, 0.4) is 0 Å². The summed E-state index contributed by atoms with van der Waals surface area (Å²) in [6, 6.07) is 9.37. The summed E-state index contributed by atoms with van der Waals surface area (Å²) in [4.78, 5) is 8.69. The lowest BCUT2D eigenvalue weighted by atomic mass is 10.2. The maximum absolute atomic E-state index is 12.4. The molecule has 102 valence electrons. The number of rotatable bonds is 3. The van der Waals surface area contributed by atoms with E-state index in [2.05, 4.69) is 9.97 Å². The molecule has 0 amide bonds. The monoisotopic (exact) mass is 303 g/mol. The molecule has 2 N–H and O–H groups in total. The van der Waals surface area contributed by atoms with Crippen molar-refractivity contribution < 1.29 is 4.21 Å². The van der Waals surface area contributed by atoms with Crippen LogP contribution in [0.5, 0.6) is 0 Å². The molecular weight excluding hydrogens is 290 g/mol. The Labute approximate surface area is 123 Å². The Bertz CT molecular complexity index is 798. The van der Waals surface area contributed by atoms with Crippen LogP contribution in [0.15, 0.2) is 40.9 Å². The molecule has 0 spiro atoms. The fourth-order valence-electron chi connectivity index (χ4n) is 1.87. The number of anilines is 1. The number of hydrogen-bond donors (Lipinski definition) is 1. The summed E-state index contributed by atoms with van der Waals surface area (Å²) in [5.41, 5.74) is 9.18. The fourth-order valence-corrected chi connectivity index (χ4v) is 4.31. The Balaban J connectivity index is 1.91. The molecule has 2 aromatic heterocycles. The van der Waals surface area contributed by atoms with E-state index in [1.54, 1.807) is 12.3 Å². The minimum absolute atomic E-state index is 0.391. The van der Waals surface area contributed by atoms with Gasteiger partial charge in [0, 0.05) is 11.9 Å². The van der Waals surface area contributed by atoms with Gasteiger partial charge in [0.1, 0.15) is 0 Å². The van der Waals surface area contributed by atoms with E-state index < -0.39 is 10.8 Å². The zero-order valence-electron chi connectivity index (χ0n) is 10.9. The molecule has 3 aromatic rings. The summed E-state index contributed by atoms with van der Waals surface area (Å²) >= 11 is 1.43. The van der Waals surface area contributed by atoms with Crippen molar-refractivity contribution in [1.82, 2.24) is 9.97 Å². The first-order valence-electron chi connectivity index (χ1n) is 6.08. The van der Waals surface area contributed by atoms with E-state index in [4.69, 9.17) is 5.73 Å². The Hall–Kier alpha value is -1.79. The topological polar surface area (TPSA) is 68.9 Å². The molecule has 1 unspecified atom stereocenters. The van der Waals surface area contributed by atoms with Crippen LogP contribution in [0.25, 0.3) is 10.2 Å². The Morgan fingerprint density at radius 2 is 2.20 bits per heavy atom. The summed E-state index contributed by atoms with van der Waals surface area (Å²) < 4.78 is 14.0. The molecule has 3 rings (SSSR count). The second kappa shape index (κ2) is 5.30. The highest BCUT2D eigenvalue weighted by molar-refractivity contribution is 7.86. The van der Waals surface area contributed by atoms with Crippen molar-refractivity contribution in [1.29, 1.82) is 0 Å². The van der Waals surface area contributed by atoms with Crippen molar-refractivity contribution in [2.75, 3.05) is 5.73 Å². The average Bonchev–Trinajstić information content (AvgIpc) is 2.84. The maximum Gasteiger partial charge on any atom is 0.182 e. The molecule has 0 bridgehead atoms. The summed E-state index contributed by atoms with van der Waals surface area (Å²) in [5, 5.41) is 0. The Kier molecular flexibility index (Phi) is 3.50. The van der Waals surface area contributed by atoms with Gasteiger partial charge in [-0.15, -0.1) is 11.3 Å². The van der Waals surface area contributed by atoms with Gasteiger partial charge in [-0.3, -0.25) is 9.19 Å². The number of nitrogens with two attached hydrogens (primary N) is 1. The molecule has 0 radical (unpaired) electrons. The van der Waals surface area contributed by atoms with E-state index in [0.717, 1.165) is 21.5 Å². The third-order valence-corrected chi connectivity index (χ3v) is 5.61. The molecule has 0 aliphatic heterocycles. The van der Waals surface area contributed by atoms with Gasteiger partial charge in [0.2, 0.25) is 0 Å². The number of thiazole rings is 1. The molecule has 6 heteroatoms. The van der Waals surface area contributed by atoms with Gasteiger partial charge in [0.25, 0.3) is 0 Å². The van der Waals surface area contributed by atoms with Crippen molar-refractivity contribution in [2.45, 2.75) is 17.0 Å². The third-order valence-electron chi connectivity index (χ3n) is 2.97. The van der Waals surface area contributed by atoms with Gasteiger partial charge in [-0.25, -0.2) is 4.98 Å². The van der Waals surface area contributed by atoms with Crippen molar-refractivity contribution in [3.8, 4) is 0 Å². The van der Waals surface area contributed by atoms with E-state index in [1.807, 2.05) is 31.2 Å². The maximum atomic E-state index is 12.4. The largest absolute Gasteiger partial charge is 0.399 e. The number of benzene rings is 1. The van der Waals surface area contributed by atoms with Crippen LogP contribution in [0.1, 0.15) is 11.3 Å². The predicted octanol–water partition coefficient (Wildman–Crippen LogP) is 2.89. The molecular formula is C14H13N3OS2. The first kappa shape index (κ1) is 13.2. The second-order valence-electron chi connectivity index (χ2n) is 4.46. The number of aromatic nitrogens is 2. The highest BCUT2D eigenvalue weighted by atomic mass is 32.2. The average molecular weight is 303 g/mol. The fraction of sp³-hybridized carbons (Fsp3) is 0.143. The van der Waals surface area contributed by atoms with E-state index >= 15 is 0 Å². The molecule has 1 aromatic carbocycles. The molecule has 0 aliphatic rings. The first-order valence-corrected chi connectivity index (χ1v) is 8.22. The van der Waals surface area contributed by atoms with Gasteiger partial charge < -0.3 is 5.73 Å². The molecule has 0 saturated heterocycles. The lowest BCUT2D eigenvalue weighted by molar-refractivity contribution is 0.681. The quantitative estimate of drug-likeness (QED) is 0.755. The first-order chi connectivity index (χ1) is 9.63.